The van der Waals surface area contributed by atoms with E-state index in [1.54, 1.807) is 0 Å². The molecule has 21 heavy (non-hydrogen) atoms. The largest absolute Gasteiger partial charge is 0.408 e. The number of aromatic nitrogens is 2. The number of ether oxygens (including phenoxy) is 1. The van der Waals surface area contributed by atoms with Crippen molar-refractivity contribution in [2.75, 3.05) is 12.5 Å². The van der Waals surface area contributed by atoms with E-state index >= 15 is 0 Å². The minimum Gasteiger partial charge on any atom is -0.408 e. The second kappa shape index (κ2) is 5.41. The second-order valence-corrected chi connectivity index (χ2v) is 5.28. The van der Waals surface area contributed by atoms with Crippen molar-refractivity contribution in [3.05, 3.63) is 28.2 Å². The number of nitrogens with one attached hydrogen (secondary N) is 1. The van der Waals surface area contributed by atoms with Gasteiger partial charge in [0.25, 0.3) is 5.56 Å². The van der Waals surface area contributed by atoms with Gasteiger partial charge in [-0.15, -0.1) is 11.6 Å². The Balaban J connectivity index is 2.58. The van der Waals surface area contributed by atoms with Crippen LogP contribution in [0.5, 0.6) is 0 Å². The molecule has 118 valence electrons. The highest BCUT2D eigenvalue weighted by Crippen LogP contribution is 2.46. The Morgan fingerprint density at radius 2 is 2.33 bits per heavy atom. The quantitative estimate of drug-likeness (QED) is 0.325. The molecular weight excluding hydrogens is 309 g/mol. The Morgan fingerprint density at radius 3 is 2.81 bits per heavy atom. The molecule has 0 spiro atoms. The highest BCUT2D eigenvalue weighted by atomic mass is 35.5. The normalized spacial score (nSPS) is 37.1. The molecule has 0 aliphatic carbocycles. The van der Waals surface area contributed by atoms with Crippen molar-refractivity contribution in [1.82, 2.24) is 9.55 Å². The van der Waals surface area contributed by atoms with E-state index in [2.05, 4.69) is 10.1 Å². The fourth-order valence-electron chi connectivity index (χ4n) is 2.35. The minimum absolute atomic E-state index is 0.351. The zero-order valence-electron chi connectivity index (χ0n) is 11.0. The standard InChI is InChI=1S/C11H15ClFN3O5/c1-10(13)7(19)11(4-12,5-17)21-8(10)16-3-2-6(18)14-9(16)15-20/h2-3,7-8,17,19-20H,4-5H2,1H3,(H,14,15,18)/t7-,8+,10+,11+/m0/s1. The molecule has 2 rings (SSSR count). The Labute approximate surface area is 123 Å². The van der Waals surface area contributed by atoms with Gasteiger partial charge in [-0.05, 0) is 6.92 Å². The highest BCUT2D eigenvalue weighted by molar-refractivity contribution is 6.18. The zero-order valence-corrected chi connectivity index (χ0v) is 11.8. The van der Waals surface area contributed by atoms with Gasteiger partial charge in [-0.2, -0.15) is 0 Å². The van der Waals surface area contributed by atoms with Crippen LogP contribution in [-0.2, 0) is 4.74 Å². The molecule has 1 aromatic rings. The smallest absolute Gasteiger partial charge is 0.252 e. The van der Waals surface area contributed by atoms with E-state index < -0.39 is 35.8 Å². The van der Waals surface area contributed by atoms with Gasteiger partial charge in [0.2, 0.25) is 5.62 Å². The van der Waals surface area contributed by atoms with Crippen LogP contribution in [0.15, 0.2) is 22.2 Å². The van der Waals surface area contributed by atoms with Gasteiger partial charge in [0.15, 0.2) is 11.9 Å². The molecular formula is C11H15ClFN3O5. The van der Waals surface area contributed by atoms with Gasteiger partial charge in [-0.1, -0.05) is 5.16 Å². The van der Waals surface area contributed by atoms with Gasteiger partial charge in [-0.3, -0.25) is 14.3 Å². The van der Waals surface area contributed by atoms with E-state index in [9.17, 15) is 19.4 Å². The lowest BCUT2D eigenvalue weighted by Crippen LogP contribution is -2.50. The molecule has 1 aliphatic rings. The van der Waals surface area contributed by atoms with Gasteiger partial charge in [-0.25, -0.2) is 4.39 Å². The average molecular weight is 324 g/mol. The molecule has 0 unspecified atom stereocenters. The molecule has 8 nitrogen and oxygen atoms in total. The molecule has 1 fully saturated rings. The van der Waals surface area contributed by atoms with Crippen molar-refractivity contribution < 1.29 is 24.5 Å². The third-order valence-corrected chi connectivity index (χ3v) is 4.02. The van der Waals surface area contributed by atoms with Crippen LogP contribution in [0, 0.1) is 0 Å². The van der Waals surface area contributed by atoms with Gasteiger partial charge in [0, 0.05) is 12.3 Å². The van der Waals surface area contributed by atoms with Crippen molar-refractivity contribution in [3.63, 3.8) is 0 Å². The first kappa shape index (κ1) is 16.0. The number of nitrogens with zero attached hydrogens (tertiary/aromatic N) is 2. The predicted molar refractivity (Wildman–Crippen MR) is 68.6 cm³/mol. The number of rotatable bonds is 3. The zero-order chi connectivity index (χ0) is 15.8. The van der Waals surface area contributed by atoms with Crippen LogP contribution in [-0.4, -0.2) is 54.8 Å². The lowest BCUT2D eigenvalue weighted by atomic mass is 9.90. The average Bonchev–Trinajstić information content (AvgIpc) is 2.68. The van der Waals surface area contributed by atoms with Crippen LogP contribution in [0.4, 0.5) is 4.39 Å². The summed E-state index contributed by atoms with van der Waals surface area (Å²) < 4.78 is 21.3. The topological polar surface area (TPSA) is 120 Å². The van der Waals surface area contributed by atoms with E-state index in [1.807, 2.05) is 0 Å². The van der Waals surface area contributed by atoms with E-state index in [1.165, 1.54) is 0 Å². The summed E-state index contributed by atoms with van der Waals surface area (Å²) in [6, 6.07) is 1.07. The highest BCUT2D eigenvalue weighted by Gasteiger charge is 2.62. The Bertz CT molecular complexity index is 639. The number of hydrogen-bond acceptors (Lipinski definition) is 6. The maximum Gasteiger partial charge on any atom is 0.252 e. The van der Waals surface area contributed by atoms with E-state index in [0.717, 1.165) is 23.8 Å². The summed E-state index contributed by atoms with van der Waals surface area (Å²) in [5.41, 5.74) is -4.98. The first-order valence-electron chi connectivity index (χ1n) is 6.03. The van der Waals surface area contributed by atoms with Gasteiger partial charge >= 0.3 is 0 Å². The number of alkyl halides is 2. The lowest BCUT2D eigenvalue weighted by Gasteiger charge is -2.28. The fourth-order valence-corrected chi connectivity index (χ4v) is 2.65. The molecule has 0 saturated carbocycles. The molecule has 0 bridgehead atoms. The minimum atomic E-state index is -2.35. The van der Waals surface area contributed by atoms with Crippen LogP contribution < -0.4 is 11.2 Å². The maximum atomic E-state index is 14.9. The molecule has 0 amide bonds. The van der Waals surface area contributed by atoms with Crippen LogP contribution in [0.1, 0.15) is 13.2 Å². The molecule has 0 radical (unpaired) electrons. The Morgan fingerprint density at radius 1 is 1.67 bits per heavy atom. The van der Waals surface area contributed by atoms with Gasteiger partial charge in [0.05, 0.1) is 12.5 Å². The molecule has 4 atom stereocenters. The molecule has 1 aromatic heterocycles. The van der Waals surface area contributed by atoms with Crippen molar-refractivity contribution in [2.24, 2.45) is 5.16 Å². The molecule has 1 saturated heterocycles. The summed E-state index contributed by atoms with van der Waals surface area (Å²) in [5.74, 6) is -0.351. The van der Waals surface area contributed by atoms with E-state index in [-0.39, 0.29) is 11.5 Å². The lowest BCUT2D eigenvalue weighted by molar-refractivity contribution is -0.116. The first-order valence-corrected chi connectivity index (χ1v) is 6.57. The first-order chi connectivity index (χ1) is 9.82. The van der Waals surface area contributed by atoms with Gasteiger partial charge < -0.3 is 20.2 Å². The van der Waals surface area contributed by atoms with E-state index in [0.29, 0.717) is 0 Å². The fraction of sp³-hybridized carbons (Fsp3) is 0.636. The molecule has 1 aliphatic heterocycles. The third-order valence-electron chi connectivity index (χ3n) is 3.57. The summed E-state index contributed by atoms with van der Waals surface area (Å²) in [7, 11) is 0. The maximum absolute atomic E-state index is 14.9. The number of hydrogen-bond donors (Lipinski definition) is 4. The van der Waals surface area contributed by atoms with Crippen molar-refractivity contribution in [2.45, 2.75) is 30.5 Å². The summed E-state index contributed by atoms with van der Waals surface area (Å²) in [5, 5.41) is 31.2. The van der Waals surface area contributed by atoms with Crippen LogP contribution in [0.3, 0.4) is 0 Å². The number of aliphatic hydroxyl groups excluding tert-OH is 2. The molecule has 4 N–H and O–H groups in total. The third kappa shape index (κ3) is 2.35. The van der Waals surface area contributed by atoms with Crippen molar-refractivity contribution in [3.8, 4) is 0 Å². The summed E-state index contributed by atoms with van der Waals surface area (Å²) in [6.07, 6.45) is -2.03. The predicted octanol–water partition coefficient (Wildman–Crippen LogP) is -0.946. The van der Waals surface area contributed by atoms with E-state index in [4.69, 9.17) is 21.5 Å². The summed E-state index contributed by atoms with van der Waals surface area (Å²) in [4.78, 5) is 13.4. The molecule has 0 aromatic carbocycles. The number of halogens is 2. The number of aliphatic hydroxyl groups is 2. The van der Waals surface area contributed by atoms with Crippen molar-refractivity contribution >= 4 is 11.6 Å². The monoisotopic (exact) mass is 323 g/mol. The van der Waals surface area contributed by atoms with Crippen molar-refractivity contribution in [1.29, 1.82) is 0 Å². The Hall–Kier alpha value is -1.42. The van der Waals surface area contributed by atoms with Gasteiger partial charge in [0.1, 0.15) is 11.7 Å². The molecule has 2 heterocycles. The summed E-state index contributed by atoms with van der Waals surface area (Å²) >= 11 is 5.69. The SMILES string of the molecule is C[C@@]1(F)[C@H](O)[C@](CO)(CCl)O[C@H]1n1ccc(=O)[nH]/c1=N\O. The Kier molecular flexibility index (Phi) is 4.11. The second-order valence-electron chi connectivity index (χ2n) is 5.02. The number of H-pyrrole nitrogens is 1. The number of aromatic amines is 1. The van der Waals surface area contributed by atoms with Crippen LogP contribution >= 0.6 is 11.6 Å². The summed E-state index contributed by atoms with van der Waals surface area (Å²) in [6.45, 7) is 0.356. The molecule has 10 heteroatoms. The van der Waals surface area contributed by atoms with Crippen LogP contribution in [0.2, 0.25) is 0 Å². The van der Waals surface area contributed by atoms with Crippen LogP contribution in [0.25, 0.3) is 0 Å².